The number of amides is 1. The second-order valence-electron chi connectivity index (χ2n) is 5.90. The van der Waals surface area contributed by atoms with Crippen LogP contribution < -0.4 is 5.32 Å². The zero-order valence-electron chi connectivity index (χ0n) is 15.1. The number of hydrogen-bond acceptors (Lipinski definition) is 3. The molecule has 0 aliphatic heterocycles. The van der Waals surface area contributed by atoms with Crippen LogP contribution in [-0.4, -0.2) is 33.4 Å². The Morgan fingerprint density at radius 1 is 1.00 bits per heavy atom. The summed E-state index contributed by atoms with van der Waals surface area (Å²) in [6.45, 7) is 0. The number of alkyl halides is 3. The molecular formula is C20H18F3N3O3. The number of hydrogen-bond donors (Lipinski definition) is 3. The van der Waals surface area contributed by atoms with E-state index in [2.05, 4.69) is 15.5 Å². The van der Waals surface area contributed by atoms with Crippen LogP contribution in [0, 0.1) is 0 Å². The predicted molar refractivity (Wildman–Crippen MR) is 101 cm³/mol. The zero-order valence-corrected chi connectivity index (χ0v) is 15.1. The number of anilines is 1. The van der Waals surface area contributed by atoms with Crippen molar-refractivity contribution in [1.29, 1.82) is 0 Å². The molecule has 0 saturated heterocycles. The molecule has 29 heavy (non-hydrogen) atoms. The van der Waals surface area contributed by atoms with Crippen molar-refractivity contribution in [3.8, 4) is 11.1 Å². The van der Waals surface area contributed by atoms with Gasteiger partial charge in [-0.25, -0.2) is 4.79 Å². The third-order valence-electron chi connectivity index (χ3n) is 3.73. The fourth-order valence-corrected chi connectivity index (χ4v) is 2.28. The van der Waals surface area contributed by atoms with Crippen LogP contribution in [0.15, 0.2) is 67.0 Å². The summed E-state index contributed by atoms with van der Waals surface area (Å²) in [5.74, 6) is -2.73. The Morgan fingerprint density at radius 3 is 2.14 bits per heavy atom. The number of aromatic amines is 1. The minimum absolute atomic E-state index is 0.0277. The van der Waals surface area contributed by atoms with Gasteiger partial charge >= 0.3 is 12.1 Å². The average Bonchev–Trinajstić information content (AvgIpc) is 3.22. The number of carboxylic acid groups (broad SMARTS) is 1. The molecule has 6 nitrogen and oxygen atoms in total. The molecule has 3 rings (SSSR count). The quantitative estimate of drug-likeness (QED) is 0.590. The molecule has 0 saturated carbocycles. The Bertz CT molecular complexity index is 910. The summed E-state index contributed by atoms with van der Waals surface area (Å²) in [5, 5.41) is 16.8. The third kappa shape index (κ3) is 7.49. The number of nitrogens with zero attached hydrogens (tertiary/aromatic N) is 1. The minimum Gasteiger partial charge on any atom is -0.475 e. The first-order valence-corrected chi connectivity index (χ1v) is 8.49. The molecule has 0 bridgehead atoms. The van der Waals surface area contributed by atoms with Crippen LogP contribution in [0.25, 0.3) is 11.1 Å². The highest BCUT2D eigenvalue weighted by molar-refractivity contribution is 5.91. The number of H-pyrrole nitrogens is 1. The first-order valence-electron chi connectivity index (χ1n) is 8.49. The van der Waals surface area contributed by atoms with E-state index in [4.69, 9.17) is 9.90 Å². The third-order valence-corrected chi connectivity index (χ3v) is 3.73. The number of aryl methyl sites for hydroxylation is 1. The Morgan fingerprint density at radius 2 is 1.62 bits per heavy atom. The number of carbonyl (C=O) groups excluding carboxylic acids is 1. The molecule has 1 amide bonds. The van der Waals surface area contributed by atoms with Crippen LogP contribution >= 0.6 is 0 Å². The van der Waals surface area contributed by atoms with Gasteiger partial charge in [0.2, 0.25) is 5.91 Å². The van der Waals surface area contributed by atoms with E-state index in [0.29, 0.717) is 6.42 Å². The van der Waals surface area contributed by atoms with Gasteiger partial charge in [-0.3, -0.25) is 9.89 Å². The van der Waals surface area contributed by atoms with Gasteiger partial charge in [0, 0.05) is 23.9 Å². The number of halogens is 3. The smallest absolute Gasteiger partial charge is 0.475 e. The lowest BCUT2D eigenvalue weighted by atomic mass is 10.1. The molecule has 0 spiro atoms. The fraction of sp³-hybridized carbons (Fsp3) is 0.150. The normalized spacial score (nSPS) is 10.6. The summed E-state index contributed by atoms with van der Waals surface area (Å²) >= 11 is 0. The monoisotopic (exact) mass is 405 g/mol. The van der Waals surface area contributed by atoms with Gasteiger partial charge in [-0.1, -0.05) is 42.5 Å². The number of carboxylic acids is 1. The molecule has 2 aromatic carbocycles. The van der Waals surface area contributed by atoms with Gasteiger partial charge in [-0.2, -0.15) is 18.3 Å². The van der Waals surface area contributed by atoms with E-state index in [0.717, 1.165) is 23.2 Å². The molecule has 1 heterocycles. The van der Waals surface area contributed by atoms with Crippen LogP contribution in [0.4, 0.5) is 18.9 Å². The van der Waals surface area contributed by atoms with Gasteiger partial charge in [0.05, 0.1) is 6.20 Å². The molecule has 0 aliphatic rings. The van der Waals surface area contributed by atoms with Crippen LogP contribution in [0.3, 0.4) is 0 Å². The molecular weight excluding hydrogens is 387 g/mol. The molecule has 0 radical (unpaired) electrons. The van der Waals surface area contributed by atoms with Crippen LogP contribution in [0.5, 0.6) is 0 Å². The number of benzene rings is 2. The minimum atomic E-state index is -5.08. The number of carbonyl (C=O) groups is 2. The first kappa shape index (κ1) is 21.7. The maximum atomic E-state index is 12.0. The molecule has 0 atom stereocenters. The van der Waals surface area contributed by atoms with Crippen molar-refractivity contribution in [1.82, 2.24) is 10.2 Å². The first-order chi connectivity index (χ1) is 13.8. The van der Waals surface area contributed by atoms with E-state index in [-0.39, 0.29) is 5.91 Å². The highest BCUT2D eigenvalue weighted by Crippen LogP contribution is 2.20. The lowest BCUT2D eigenvalue weighted by Gasteiger charge is -2.06. The molecule has 0 aliphatic carbocycles. The van der Waals surface area contributed by atoms with Crippen molar-refractivity contribution in [3.63, 3.8) is 0 Å². The van der Waals surface area contributed by atoms with E-state index in [1.54, 1.807) is 6.20 Å². The summed E-state index contributed by atoms with van der Waals surface area (Å²) in [5.41, 5.74) is 4.08. The van der Waals surface area contributed by atoms with Gasteiger partial charge in [0.25, 0.3) is 0 Å². The molecule has 0 unspecified atom stereocenters. The second kappa shape index (κ2) is 10.1. The van der Waals surface area contributed by atoms with Crippen molar-refractivity contribution >= 4 is 17.6 Å². The number of aromatic nitrogens is 2. The van der Waals surface area contributed by atoms with E-state index < -0.39 is 12.1 Å². The molecule has 3 aromatic rings. The summed E-state index contributed by atoms with van der Waals surface area (Å²) < 4.78 is 31.7. The largest absolute Gasteiger partial charge is 0.490 e. The lowest BCUT2D eigenvalue weighted by Crippen LogP contribution is -2.21. The van der Waals surface area contributed by atoms with E-state index in [1.807, 2.05) is 60.8 Å². The Hall–Kier alpha value is -3.62. The summed E-state index contributed by atoms with van der Waals surface area (Å²) in [4.78, 5) is 20.9. The van der Waals surface area contributed by atoms with Crippen molar-refractivity contribution in [2.24, 2.45) is 0 Å². The average molecular weight is 405 g/mol. The number of nitrogens with one attached hydrogen (secondary N) is 2. The standard InChI is InChI=1S/C18H17N3O.C2HF3O2/c22-18(11-6-14-4-2-1-3-5-14)21-17-9-7-15(8-10-17)16-12-19-20-13-16;3-2(4,5)1(6)7/h1-5,7-10,12-13H,6,11H2,(H,19,20)(H,21,22);(H,6,7). The van der Waals surface area contributed by atoms with Gasteiger partial charge in [0.1, 0.15) is 0 Å². The molecule has 152 valence electrons. The lowest BCUT2D eigenvalue weighted by molar-refractivity contribution is -0.192. The fourth-order valence-electron chi connectivity index (χ4n) is 2.28. The van der Waals surface area contributed by atoms with E-state index in [9.17, 15) is 18.0 Å². The van der Waals surface area contributed by atoms with Crippen LogP contribution in [-0.2, 0) is 16.0 Å². The Kier molecular flexibility index (Phi) is 7.53. The van der Waals surface area contributed by atoms with Gasteiger partial charge < -0.3 is 10.4 Å². The number of aliphatic carboxylic acids is 1. The molecule has 9 heteroatoms. The van der Waals surface area contributed by atoms with Gasteiger partial charge in [0.15, 0.2) is 0 Å². The molecule has 3 N–H and O–H groups in total. The molecule has 0 fully saturated rings. The molecule has 1 aromatic heterocycles. The summed E-state index contributed by atoms with van der Waals surface area (Å²) in [6.07, 6.45) is -0.242. The highest BCUT2D eigenvalue weighted by Gasteiger charge is 2.38. The van der Waals surface area contributed by atoms with Crippen LogP contribution in [0.2, 0.25) is 0 Å². The SMILES string of the molecule is O=C(CCc1ccccc1)Nc1ccc(-c2cn[nH]c2)cc1.O=C(O)C(F)(F)F. The topological polar surface area (TPSA) is 95.1 Å². The predicted octanol–water partition coefficient (Wildman–Crippen LogP) is 4.28. The second-order valence-corrected chi connectivity index (χ2v) is 5.90. The van der Waals surface area contributed by atoms with E-state index in [1.165, 1.54) is 5.56 Å². The van der Waals surface area contributed by atoms with Crippen molar-refractivity contribution in [2.75, 3.05) is 5.32 Å². The van der Waals surface area contributed by atoms with E-state index >= 15 is 0 Å². The maximum Gasteiger partial charge on any atom is 0.490 e. The Labute approximate surface area is 164 Å². The maximum absolute atomic E-state index is 12.0. The number of rotatable bonds is 5. The Balaban J connectivity index is 0.000000370. The zero-order chi connectivity index (χ0) is 21.3. The van der Waals surface area contributed by atoms with Crippen molar-refractivity contribution in [3.05, 3.63) is 72.6 Å². The highest BCUT2D eigenvalue weighted by atomic mass is 19.4. The summed E-state index contributed by atoms with van der Waals surface area (Å²) in [7, 11) is 0. The van der Waals surface area contributed by atoms with Crippen molar-refractivity contribution < 1.29 is 27.9 Å². The van der Waals surface area contributed by atoms with Gasteiger partial charge in [-0.15, -0.1) is 0 Å². The van der Waals surface area contributed by atoms with Crippen molar-refractivity contribution in [2.45, 2.75) is 19.0 Å². The summed E-state index contributed by atoms with van der Waals surface area (Å²) in [6, 6.07) is 17.8. The van der Waals surface area contributed by atoms with Gasteiger partial charge in [-0.05, 0) is 29.7 Å². The van der Waals surface area contributed by atoms with Crippen LogP contribution in [0.1, 0.15) is 12.0 Å².